The van der Waals surface area contributed by atoms with Gasteiger partial charge in [-0.15, -0.1) is 37.2 Å². The largest absolute Gasteiger partial charge is 5.00 e. The van der Waals surface area contributed by atoms with E-state index in [1.54, 1.807) is 0 Å². The predicted molar refractivity (Wildman–Crippen MR) is 36.8 cm³/mol. The molecule has 0 aliphatic heterocycles. The van der Waals surface area contributed by atoms with Crippen LogP contribution in [0.4, 0.5) is 0 Å². The minimum Gasteiger partial charge on any atom is -1.00 e. The molecule has 1 radical (unpaired) electrons. The van der Waals surface area contributed by atoms with Gasteiger partial charge in [-0.1, -0.05) is 0 Å². The van der Waals surface area contributed by atoms with Crippen LogP contribution in [0.3, 0.4) is 0 Å². The van der Waals surface area contributed by atoms with Crippen molar-refractivity contribution < 1.29 is 56.7 Å². The van der Waals surface area contributed by atoms with E-state index in [0.29, 0.717) is 0 Å². The van der Waals surface area contributed by atoms with Crippen molar-refractivity contribution in [2.75, 3.05) is 0 Å². The summed E-state index contributed by atoms with van der Waals surface area (Å²) in [4.78, 5) is 0. The third-order valence-corrected chi connectivity index (χ3v) is 0. The molecule has 0 rings (SSSR count). The summed E-state index contributed by atoms with van der Waals surface area (Å²) in [6.45, 7) is 0. The van der Waals surface area contributed by atoms with Crippen LogP contribution >= 0.6 is 37.2 Å². The first-order chi connectivity index (χ1) is 0. The number of hydrogen-bond donors (Lipinski definition) is 3. The summed E-state index contributed by atoms with van der Waals surface area (Å²) in [5, 5.41) is 0. The van der Waals surface area contributed by atoms with Gasteiger partial charge < -0.3 is 55.7 Å². The monoisotopic (exact) mass is 366 g/mol. The standard InChI is InChI=1S/6ClH.3H3N.Ru/h6*1H;3*1H3;/q;;;;;;;;;+5/p-3. The molecule has 10 heteroatoms. The van der Waals surface area contributed by atoms with E-state index in [4.69, 9.17) is 0 Å². The minimum absolute atomic E-state index is 0. The van der Waals surface area contributed by atoms with Crippen LogP contribution < -0.4 is 55.7 Å². The van der Waals surface area contributed by atoms with Crippen LogP contribution in [0.25, 0.3) is 0 Å². The number of rotatable bonds is 0. The normalized spacial score (nSPS) is 0. The Balaban J connectivity index is 0. The molecule has 0 aromatic heterocycles. The quantitative estimate of drug-likeness (QED) is 0.370. The number of halogens is 6. The Morgan fingerprint density at radius 1 is 0.400 bits per heavy atom. The van der Waals surface area contributed by atoms with Gasteiger partial charge in [-0.05, 0) is 0 Å². The molecule has 0 aromatic rings. The fraction of sp³-hybridized carbons (Fsp3) is 0. The Bertz CT molecular complexity index is 13.0. The van der Waals surface area contributed by atoms with Crippen LogP contribution in [-0.4, -0.2) is 0 Å². The van der Waals surface area contributed by atoms with Gasteiger partial charge in [0.05, 0.1) is 0 Å². The Morgan fingerprint density at radius 2 is 0.400 bits per heavy atom. The van der Waals surface area contributed by atoms with Crippen molar-refractivity contribution in [2.45, 2.75) is 0 Å². The van der Waals surface area contributed by atoms with E-state index < -0.39 is 0 Å². The molecule has 0 aliphatic carbocycles. The molecule has 0 atom stereocenters. The van der Waals surface area contributed by atoms with Crippen molar-refractivity contribution in [3.05, 3.63) is 0 Å². The van der Waals surface area contributed by atoms with Crippen LogP contribution in [-0.2, 0) is 19.5 Å². The van der Waals surface area contributed by atoms with E-state index in [1.807, 2.05) is 0 Å². The molecule has 75 valence electrons. The van der Waals surface area contributed by atoms with Gasteiger partial charge >= 0.3 is 19.5 Å². The molecule has 0 spiro atoms. The van der Waals surface area contributed by atoms with Crippen molar-refractivity contribution in [1.82, 2.24) is 18.5 Å². The smallest absolute Gasteiger partial charge is 1.00 e. The van der Waals surface area contributed by atoms with E-state index in [1.165, 1.54) is 0 Å². The first-order valence-corrected chi connectivity index (χ1v) is 0. The van der Waals surface area contributed by atoms with Gasteiger partial charge in [0.1, 0.15) is 0 Å². The summed E-state index contributed by atoms with van der Waals surface area (Å²) in [6, 6.07) is 0. The molecule has 0 fully saturated rings. The molecule has 9 N–H and O–H groups in total. The molecule has 0 aliphatic rings. The molecule has 0 unspecified atom stereocenters. The third-order valence-electron chi connectivity index (χ3n) is 0. The molecule has 10 heavy (non-hydrogen) atoms. The second kappa shape index (κ2) is 234. The summed E-state index contributed by atoms with van der Waals surface area (Å²) in [7, 11) is 0. The van der Waals surface area contributed by atoms with E-state index in [-0.39, 0.29) is 112 Å². The van der Waals surface area contributed by atoms with E-state index in [0.717, 1.165) is 0 Å². The maximum absolute atomic E-state index is 0. The molecule has 0 saturated heterocycles. The molecular formula is H12Cl6N3Ru+2. The van der Waals surface area contributed by atoms with E-state index >= 15 is 0 Å². The van der Waals surface area contributed by atoms with Gasteiger partial charge in [-0.3, -0.25) is 0 Å². The zero-order valence-electron chi connectivity index (χ0n) is 4.83. The summed E-state index contributed by atoms with van der Waals surface area (Å²) in [5.74, 6) is 0. The van der Waals surface area contributed by atoms with Crippen LogP contribution in [0.2, 0.25) is 0 Å². The first-order valence-electron chi connectivity index (χ1n) is 0. The fourth-order valence-electron chi connectivity index (χ4n) is 0. The Hall–Kier alpha value is 2.24. The average Bonchev–Trinajstić information content (AvgIpc) is 0. The van der Waals surface area contributed by atoms with Crippen molar-refractivity contribution in [3.8, 4) is 0 Å². The molecular weight excluding hydrogens is 356 g/mol. The predicted octanol–water partition coefficient (Wildman–Crippen LogP) is -7.24. The summed E-state index contributed by atoms with van der Waals surface area (Å²) >= 11 is 0. The van der Waals surface area contributed by atoms with Crippen LogP contribution in [0, 0.1) is 0 Å². The van der Waals surface area contributed by atoms with E-state index in [9.17, 15) is 0 Å². The zero-order chi connectivity index (χ0) is 0. The van der Waals surface area contributed by atoms with Crippen molar-refractivity contribution in [3.63, 3.8) is 0 Å². The molecule has 0 aromatic carbocycles. The maximum Gasteiger partial charge on any atom is 5.00 e. The molecule has 0 saturated carbocycles. The van der Waals surface area contributed by atoms with Crippen molar-refractivity contribution >= 4 is 37.2 Å². The number of hydrogen-bond acceptors (Lipinski definition) is 3. The summed E-state index contributed by atoms with van der Waals surface area (Å²) in [5.41, 5.74) is 0. The third kappa shape index (κ3) is 174. The molecule has 0 amide bonds. The Labute approximate surface area is 112 Å². The van der Waals surface area contributed by atoms with Gasteiger partial charge in [-0.2, -0.15) is 0 Å². The minimum atomic E-state index is 0. The van der Waals surface area contributed by atoms with E-state index in [2.05, 4.69) is 0 Å². The van der Waals surface area contributed by atoms with Crippen molar-refractivity contribution in [2.24, 2.45) is 0 Å². The average molecular weight is 368 g/mol. The Kier molecular flexibility index (Phi) is 7210. The van der Waals surface area contributed by atoms with Crippen LogP contribution in [0.15, 0.2) is 0 Å². The maximum atomic E-state index is 0. The molecule has 0 heterocycles. The Morgan fingerprint density at radius 3 is 0.400 bits per heavy atom. The summed E-state index contributed by atoms with van der Waals surface area (Å²) < 4.78 is 0. The van der Waals surface area contributed by atoms with Gasteiger partial charge in [0.2, 0.25) is 0 Å². The summed E-state index contributed by atoms with van der Waals surface area (Å²) in [6.07, 6.45) is 0. The van der Waals surface area contributed by atoms with Crippen LogP contribution in [0.5, 0.6) is 0 Å². The molecule has 3 nitrogen and oxygen atoms in total. The van der Waals surface area contributed by atoms with Gasteiger partial charge in [0.25, 0.3) is 0 Å². The second-order valence-corrected chi connectivity index (χ2v) is 0. The zero-order valence-corrected chi connectivity index (χ0v) is 11.3. The SMILES string of the molecule is Cl.Cl.Cl.N.N.N.[Cl-].[Cl-].[Cl-].[Ru+5]. The van der Waals surface area contributed by atoms with Crippen LogP contribution in [0.1, 0.15) is 0 Å². The van der Waals surface area contributed by atoms with Crippen molar-refractivity contribution in [1.29, 1.82) is 0 Å². The topological polar surface area (TPSA) is 105 Å². The first kappa shape index (κ1) is 308. The second-order valence-electron chi connectivity index (χ2n) is 0. The fourth-order valence-corrected chi connectivity index (χ4v) is 0. The molecule has 0 bridgehead atoms. The van der Waals surface area contributed by atoms with Gasteiger partial charge in [0.15, 0.2) is 0 Å². The van der Waals surface area contributed by atoms with Gasteiger partial charge in [-0.25, -0.2) is 0 Å². The van der Waals surface area contributed by atoms with Gasteiger partial charge in [0, 0.05) is 0 Å².